The van der Waals surface area contributed by atoms with Gasteiger partial charge >= 0.3 is 6.09 Å². The second-order valence-electron chi connectivity index (χ2n) is 6.89. The molecule has 3 aromatic rings. The molecule has 4 nitrogen and oxygen atoms in total. The van der Waals surface area contributed by atoms with Gasteiger partial charge in [-0.15, -0.1) is 0 Å². The number of anilines is 1. The molecule has 0 heterocycles. The largest absolute Gasteiger partial charge is 0.449 e. The summed E-state index contributed by atoms with van der Waals surface area (Å²) in [7, 11) is 0. The summed E-state index contributed by atoms with van der Waals surface area (Å²) in [6, 6.07) is 21.8. The summed E-state index contributed by atoms with van der Waals surface area (Å²) in [6.07, 6.45) is 3.21. The van der Waals surface area contributed by atoms with Crippen LogP contribution in [0.15, 0.2) is 72.8 Å². The molecule has 0 spiro atoms. The van der Waals surface area contributed by atoms with Gasteiger partial charge in [0.15, 0.2) is 0 Å². The van der Waals surface area contributed by atoms with Gasteiger partial charge in [0.05, 0.1) is 0 Å². The van der Waals surface area contributed by atoms with Crippen LogP contribution in [0.4, 0.5) is 10.5 Å². The van der Waals surface area contributed by atoms with Crippen molar-refractivity contribution in [2.45, 2.75) is 5.92 Å². The third kappa shape index (κ3) is 4.13. The van der Waals surface area contributed by atoms with Crippen LogP contribution in [0.3, 0.4) is 0 Å². The van der Waals surface area contributed by atoms with Crippen molar-refractivity contribution < 1.29 is 9.53 Å². The minimum Gasteiger partial charge on any atom is -0.449 e. The van der Waals surface area contributed by atoms with Crippen LogP contribution < -0.4 is 11.1 Å². The molecule has 0 aliphatic heterocycles. The summed E-state index contributed by atoms with van der Waals surface area (Å²) >= 11 is 6.13. The third-order valence-corrected chi connectivity index (χ3v) is 5.36. The Bertz CT molecular complexity index is 1030. The summed E-state index contributed by atoms with van der Waals surface area (Å²) in [6.45, 7) is 0.644. The average molecular weight is 405 g/mol. The molecule has 0 saturated heterocycles. The highest BCUT2D eigenvalue weighted by molar-refractivity contribution is 6.32. The number of hydrogen-bond donors (Lipinski definition) is 2. The Hall–Kier alpha value is -3.24. The second-order valence-corrected chi connectivity index (χ2v) is 7.30. The molecule has 3 N–H and O–H groups in total. The average Bonchev–Trinajstić information content (AvgIpc) is 3.05. The summed E-state index contributed by atoms with van der Waals surface area (Å²) in [5.41, 5.74) is 11.9. The Kier molecular flexibility index (Phi) is 5.54. The van der Waals surface area contributed by atoms with Crippen molar-refractivity contribution in [1.29, 1.82) is 0 Å². The molecule has 0 fully saturated rings. The summed E-state index contributed by atoms with van der Waals surface area (Å²) in [5.74, 6) is 0.0530. The maximum Gasteiger partial charge on any atom is 0.407 e. The SMILES string of the molecule is Nc1ccc(C=CCNC(=O)OCC2c3ccccc3-c3ccccc32)c(Cl)c1. The molecule has 5 heteroatoms. The summed E-state index contributed by atoms with van der Waals surface area (Å²) in [4.78, 5) is 12.1. The molecule has 4 rings (SSSR count). The normalized spacial score (nSPS) is 12.6. The molecule has 0 atom stereocenters. The first-order valence-corrected chi connectivity index (χ1v) is 9.81. The Balaban J connectivity index is 1.34. The zero-order valence-corrected chi connectivity index (χ0v) is 16.5. The Morgan fingerprint density at radius 1 is 1.03 bits per heavy atom. The van der Waals surface area contributed by atoms with E-state index < -0.39 is 6.09 Å². The van der Waals surface area contributed by atoms with E-state index in [1.54, 1.807) is 12.1 Å². The number of rotatable bonds is 5. The first-order chi connectivity index (χ1) is 14.1. The highest BCUT2D eigenvalue weighted by atomic mass is 35.5. The molecule has 146 valence electrons. The van der Waals surface area contributed by atoms with E-state index in [1.807, 2.05) is 42.5 Å². The van der Waals surface area contributed by atoms with E-state index in [4.69, 9.17) is 22.1 Å². The van der Waals surface area contributed by atoms with E-state index in [0.717, 1.165) is 5.56 Å². The van der Waals surface area contributed by atoms with Crippen LogP contribution in [0.25, 0.3) is 17.2 Å². The Morgan fingerprint density at radius 2 is 1.69 bits per heavy atom. The molecule has 1 amide bonds. The minimum absolute atomic E-state index is 0.0530. The van der Waals surface area contributed by atoms with Crippen LogP contribution in [0.1, 0.15) is 22.6 Å². The topological polar surface area (TPSA) is 64.3 Å². The summed E-state index contributed by atoms with van der Waals surface area (Å²) in [5, 5.41) is 3.31. The number of nitrogens with two attached hydrogens (primary N) is 1. The van der Waals surface area contributed by atoms with Gasteiger partial charge in [-0.05, 0) is 39.9 Å². The number of amides is 1. The highest BCUT2D eigenvalue weighted by Gasteiger charge is 2.28. The predicted octanol–water partition coefficient (Wildman–Crippen LogP) is 5.47. The summed E-state index contributed by atoms with van der Waals surface area (Å²) < 4.78 is 5.50. The number of carbonyl (C=O) groups excluding carboxylic acids is 1. The van der Waals surface area contributed by atoms with Crippen molar-refractivity contribution >= 4 is 29.5 Å². The van der Waals surface area contributed by atoms with Gasteiger partial charge in [0.2, 0.25) is 0 Å². The molecule has 0 unspecified atom stereocenters. The van der Waals surface area contributed by atoms with Crippen LogP contribution in [0.5, 0.6) is 0 Å². The van der Waals surface area contributed by atoms with Crippen LogP contribution in [0, 0.1) is 0 Å². The third-order valence-electron chi connectivity index (χ3n) is 5.03. The molecule has 0 aromatic heterocycles. The van der Waals surface area contributed by atoms with Gasteiger partial charge in [0.25, 0.3) is 0 Å². The van der Waals surface area contributed by atoms with E-state index in [-0.39, 0.29) is 5.92 Å². The number of carbonyl (C=O) groups is 1. The predicted molar refractivity (Wildman–Crippen MR) is 118 cm³/mol. The standard InChI is InChI=1S/C24H21ClN2O2/c25-23-14-17(26)12-11-16(23)6-5-13-27-24(28)29-15-22-20-9-3-1-7-18(20)19-8-2-4-10-21(19)22/h1-12,14,22H,13,15,26H2,(H,27,28). The van der Waals surface area contributed by atoms with E-state index in [2.05, 4.69) is 29.6 Å². The van der Waals surface area contributed by atoms with Gasteiger partial charge in [-0.1, -0.05) is 78.4 Å². The second kappa shape index (κ2) is 8.41. The fraction of sp³-hybridized carbons (Fsp3) is 0.125. The fourth-order valence-electron chi connectivity index (χ4n) is 3.66. The zero-order valence-electron chi connectivity index (χ0n) is 15.8. The van der Waals surface area contributed by atoms with E-state index in [9.17, 15) is 4.79 Å². The first-order valence-electron chi connectivity index (χ1n) is 9.44. The molecule has 0 saturated carbocycles. The number of alkyl carbamates (subject to hydrolysis) is 1. The quantitative estimate of drug-likeness (QED) is 0.554. The lowest BCUT2D eigenvalue weighted by Gasteiger charge is -2.14. The zero-order chi connectivity index (χ0) is 20.2. The number of hydrogen-bond acceptors (Lipinski definition) is 3. The van der Waals surface area contributed by atoms with Gasteiger partial charge in [0, 0.05) is 23.2 Å². The number of nitrogens with one attached hydrogen (secondary N) is 1. The van der Waals surface area contributed by atoms with Crippen molar-refractivity contribution in [2.75, 3.05) is 18.9 Å². The fourth-order valence-corrected chi connectivity index (χ4v) is 3.91. The van der Waals surface area contributed by atoms with Gasteiger partial charge in [-0.25, -0.2) is 4.79 Å². The van der Waals surface area contributed by atoms with Crippen LogP contribution in [-0.4, -0.2) is 19.2 Å². The van der Waals surface area contributed by atoms with Crippen molar-refractivity contribution in [2.24, 2.45) is 0 Å². The lowest BCUT2D eigenvalue weighted by atomic mass is 9.98. The van der Waals surface area contributed by atoms with Crippen molar-refractivity contribution in [3.63, 3.8) is 0 Å². The molecule has 3 aromatic carbocycles. The van der Waals surface area contributed by atoms with Gasteiger partial charge < -0.3 is 15.8 Å². The molecule has 1 aliphatic carbocycles. The van der Waals surface area contributed by atoms with Crippen LogP contribution in [-0.2, 0) is 4.74 Å². The number of nitrogen functional groups attached to an aromatic ring is 1. The molecule has 1 aliphatic rings. The number of fused-ring (bicyclic) bond motifs is 3. The van der Waals surface area contributed by atoms with Crippen molar-refractivity contribution in [3.05, 3.63) is 94.5 Å². The van der Waals surface area contributed by atoms with Gasteiger partial charge in [-0.3, -0.25) is 0 Å². The Labute approximate surface area is 175 Å². The van der Waals surface area contributed by atoms with Gasteiger partial charge in [0.1, 0.15) is 6.61 Å². The maximum atomic E-state index is 12.1. The lowest BCUT2D eigenvalue weighted by molar-refractivity contribution is 0.144. The minimum atomic E-state index is -0.445. The first kappa shape index (κ1) is 19.1. The van der Waals surface area contributed by atoms with E-state index in [1.165, 1.54) is 22.3 Å². The van der Waals surface area contributed by atoms with E-state index >= 15 is 0 Å². The van der Waals surface area contributed by atoms with Crippen molar-refractivity contribution in [3.8, 4) is 11.1 Å². The van der Waals surface area contributed by atoms with Gasteiger partial charge in [-0.2, -0.15) is 0 Å². The molecular weight excluding hydrogens is 384 g/mol. The molecular formula is C24H21ClN2O2. The van der Waals surface area contributed by atoms with E-state index in [0.29, 0.717) is 23.9 Å². The van der Waals surface area contributed by atoms with Crippen molar-refractivity contribution in [1.82, 2.24) is 5.32 Å². The smallest absolute Gasteiger partial charge is 0.407 e. The monoisotopic (exact) mass is 404 g/mol. The highest BCUT2D eigenvalue weighted by Crippen LogP contribution is 2.44. The number of ether oxygens (including phenoxy) is 1. The molecule has 29 heavy (non-hydrogen) atoms. The van der Waals surface area contributed by atoms with Crippen LogP contribution >= 0.6 is 11.6 Å². The van der Waals surface area contributed by atoms with Crippen LogP contribution in [0.2, 0.25) is 5.02 Å². The maximum absolute atomic E-state index is 12.1. The lowest BCUT2D eigenvalue weighted by Crippen LogP contribution is -2.26. The number of halogens is 1. The Morgan fingerprint density at radius 3 is 2.34 bits per heavy atom. The number of benzene rings is 3. The molecule has 0 radical (unpaired) electrons. The molecule has 0 bridgehead atoms.